The summed E-state index contributed by atoms with van der Waals surface area (Å²) in [7, 11) is 0. The number of benzene rings is 4. The first kappa shape index (κ1) is 21.0. The summed E-state index contributed by atoms with van der Waals surface area (Å²) in [5.41, 5.74) is 8.40. The summed E-state index contributed by atoms with van der Waals surface area (Å²) in [6.07, 6.45) is 0. The van der Waals surface area contributed by atoms with Crippen molar-refractivity contribution < 1.29 is 0 Å². The van der Waals surface area contributed by atoms with E-state index in [9.17, 15) is 0 Å². The summed E-state index contributed by atoms with van der Waals surface area (Å²) in [6, 6.07) is 37.2. The highest BCUT2D eigenvalue weighted by molar-refractivity contribution is 6.04. The fraction of sp³-hybridized carbons (Fsp3) is 0.0625. The zero-order chi connectivity index (χ0) is 22.2. The quantitative estimate of drug-likeness (QED) is 0.241. The first-order chi connectivity index (χ1) is 15.7. The molecule has 0 aliphatic heterocycles. The van der Waals surface area contributed by atoms with Crippen LogP contribution in [0.25, 0.3) is 11.1 Å². The number of hydrogen-bond donors (Lipinski definition) is 0. The Morgan fingerprint density at radius 2 is 0.781 bits per heavy atom. The minimum atomic E-state index is 0.932. The van der Waals surface area contributed by atoms with E-state index >= 15 is 0 Å². The van der Waals surface area contributed by atoms with E-state index < -0.39 is 0 Å². The molecule has 0 heteroatoms. The first-order valence-corrected chi connectivity index (χ1v) is 10.7. The molecule has 0 bridgehead atoms. The lowest BCUT2D eigenvalue weighted by Crippen LogP contribution is -1.91. The molecule has 0 aromatic heterocycles. The summed E-state index contributed by atoms with van der Waals surface area (Å²) in [4.78, 5) is 0. The molecule has 0 aliphatic rings. The van der Waals surface area contributed by atoms with Crippen LogP contribution in [0.15, 0.2) is 109 Å². The van der Waals surface area contributed by atoms with E-state index in [-0.39, 0.29) is 0 Å². The number of aryl methyl sites for hydroxylation is 2. The fourth-order valence-electron chi connectivity index (χ4n) is 3.31. The van der Waals surface area contributed by atoms with Crippen molar-refractivity contribution in [3.8, 4) is 23.7 Å². The SMILES string of the molecule is Cc1ccc(/C(C#Cc2ccccc2)=C(\C#Cc2ccccc2)c2ccc(C)cc2)cc1. The smallest absolute Gasteiger partial charge is 0.0484 e. The van der Waals surface area contributed by atoms with Crippen LogP contribution in [0.1, 0.15) is 33.4 Å². The van der Waals surface area contributed by atoms with Gasteiger partial charge in [-0.25, -0.2) is 0 Å². The van der Waals surface area contributed by atoms with E-state index in [0.717, 1.165) is 33.4 Å². The van der Waals surface area contributed by atoms with Gasteiger partial charge in [0.2, 0.25) is 0 Å². The van der Waals surface area contributed by atoms with E-state index in [1.807, 2.05) is 60.7 Å². The van der Waals surface area contributed by atoms with Gasteiger partial charge >= 0.3 is 0 Å². The van der Waals surface area contributed by atoms with E-state index in [0.29, 0.717) is 0 Å². The highest BCUT2D eigenvalue weighted by Crippen LogP contribution is 2.27. The largest absolute Gasteiger partial charge is 0.0622 e. The highest BCUT2D eigenvalue weighted by Gasteiger charge is 2.09. The van der Waals surface area contributed by atoms with E-state index in [2.05, 4.69) is 86.1 Å². The molecule has 4 aromatic rings. The maximum atomic E-state index is 3.45. The highest BCUT2D eigenvalue weighted by atomic mass is 14.1. The Labute approximate surface area is 191 Å². The number of rotatable bonds is 2. The number of hydrogen-bond acceptors (Lipinski definition) is 0. The lowest BCUT2D eigenvalue weighted by molar-refractivity contribution is 1.45. The molecule has 0 nitrogen and oxygen atoms in total. The van der Waals surface area contributed by atoms with Crippen LogP contribution in [0.3, 0.4) is 0 Å². The minimum absolute atomic E-state index is 0.932. The Kier molecular flexibility index (Phi) is 6.67. The van der Waals surface area contributed by atoms with Gasteiger partial charge in [0.15, 0.2) is 0 Å². The van der Waals surface area contributed by atoms with E-state index in [1.165, 1.54) is 11.1 Å². The number of allylic oxidation sites excluding steroid dienone is 2. The molecule has 152 valence electrons. The molecule has 0 radical (unpaired) electrons. The van der Waals surface area contributed by atoms with Crippen molar-refractivity contribution in [2.75, 3.05) is 0 Å². The van der Waals surface area contributed by atoms with Crippen LogP contribution in [0.2, 0.25) is 0 Å². The summed E-state index contributed by atoms with van der Waals surface area (Å²) < 4.78 is 0. The average Bonchev–Trinajstić information content (AvgIpc) is 2.84. The van der Waals surface area contributed by atoms with Crippen molar-refractivity contribution in [1.82, 2.24) is 0 Å². The van der Waals surface area contributed by atoms with Gasteiger partial charge in [-0.2, -0.15) is 0 Å². The molecule has 0 amide bonds. The van der Waals surface area contributed by atoms with Crippen molar-refractivity contribution in [2.45, 2.75) is 13.8 Å². The first-order valence-electron chi connectivity index (χ1n) is 10.7. The molecule has 0 unspecified atom stereocenters. The third kappa shape index (κ3) is 5.46. The van der Waals surface area contributed by atoms with Crippen LogP contribution < -0.4 is 0 Å². The Balaban J connectivity index is 1.95. The van der Waals surface area contributed by atoms with Gasteiger partial charge in [-0.3, -0.25) is 0 Å². The van der Waals surface area contributed by atoms with Crippen LogP contribution >= 0.6 is 0 Å². The molecular weight excluding hydrogens is 384 g/mol. The monoisotopic (exact) mass is 408 g/mol. The van der Waals surface area contributed by atoms with Crippen molar-refractivity contribution in [1.29, 1.82) is 0 Å². The van der Waals surface area contributed by atoms with Crippen LogP contribution in [0, 0.1) is 37.5 Å². The van der Waals surface area contributed by atoms with Crippen molar-refractivity contribution in [3.63, 3.8) is 0 Å². The van der Waals surface area contributed by atoms with E-state index in [4.69, 9.17) is 0 Å². The minimum Gasteiger partial charge on any atom is -0.0622 e. The third-order valence-electron chi connectivity index (χ3n) is 5.14. The predicted molar refractivity (Wildman–Crippen MR) is 136 cm³/mol. The molecule has 0 N–H and O–H groups in total. The Morgan fingerprint density at radius 3 is 1.12 bits per heavy atom. The Bertz CT molecular complexity index is 1220. The third-order valence-corrected chi connectivity index (χ3v) is 5.14. The summed E-state index contributed by atoms with van der Waals surface area (Å²) in [6.45, 7) is 4.19. The van der Waals surface area contributed by atoms with Crippen LogP contribution in [0.5, 0.6) is 0 Å². The second-order valence-corrected chi connectivity index (χ2v) is 7.71. The zero-order valence-corrected chi connectivity index (χ0v) is 18.4. The van der Waals surface area contributed by atoms with Gasteiger partial charge in [0, 0.05) is 22.3 Å². The molecule has 32 heavy (non-hydrogen) atoms. The molecule has 0 heterocycles. The molecule has 0 atom stereocenters. The van der Waals surface area contributed by atoms with Gasteiger partial charge in [-0.1, -0.05) is 120 Å². The van der Waals surface area contributed by atoms with Gasteiger partial charge < -0.3 is 0 Å². The summed E-state index contributed by atoms with van der Waals surface area (Å²) in [5, 5.41) is 0. The van der Waals surface area contributed by atoms with Crippen molar-refractivity contribution in [3.05, 3.63) is 143 Å². The molecule has 0 saturated heterocycles. The molecule has 0 aliphatic carbocycles. The fourth-order valence-corrected chi connectivity index (χ4v) is 3.31. The van der Waals surface area contributed by atoms with Gasteiger partial charge in [-0.05, 0) is 49.2 Å². The molecule has 4 rings (SSSR count). The predicted octanol–water partition coefficient (Wildman–Crippen LogP) is 7.32. The lowest BCUT2D eigenvalue weighted by atomic mass is 9.93. The normalized spacial score (nSPS) is 10.8. The summed E-state index contributed by atoms with van der Waals surface area (Å²) in [5.74, 6) is 13.6. The molecule has 0 saturated carbocycles. The second kappa shape index (κ2) is 10.2. The molecule has 4 aromatic carbocycles. The molecule has 0 spiro atoms. The standard InChI is InChI=1S/C32H24/c1-25-13-19-29(20-14-25)31(23-17-27-9-5-3-6-10-27)32(30-21-15-26(2)16-22-30)24-18-28-11-7-4-8-12-28/h3-16,19-22H,1-2H3/b32-31+. The van der Waals surface area contributed by atoms with Gasteiger partial charge in [0.05, 0.1) is 0 Å². The zero-order valence-electron chi connectivity index (χ0n) is 18.4. The lowest BCUT2D eigenvalue weighted by Gasteiger charge is -2.09. The van der Waals surface area contributed by atoms with Crippen molar-refractivity contribution >= 4 is 11.1 Å². The van der Waals surface area contributed by atoms with Gasteiger partial charge in [-0.15, -0.1) is 0 Å². The second-order valence-electron chi connectivity index (χ2n) is 7.71. The van der Waals surface area contributed by atoms with Gasteiger partial charge in [0.1, 0.15) is 0 Å². The maximum absolute atomic E-state index is 3.45. The van der Waals surface area contributed by atoms with E-state index in [1.54, 1.807) is 0 Å². The topological polar surface area (TPSA) is 0 Å². The van der Waals surface area contributed by atoms with Crippen LogP contribution in [0.4, 0.5) is 0 Å². The average molecular weight is 409 g/mol. The Hall–Kier alpha value is -4.26. The van der Waals surface area contributed by atoms with Crippen LogP contribution in [-0.2, 0) is 0 Å². The van der Waals surface area contributed by atoms with Crippen LogP contribution in [-0.4, -0.2) is 0 Å². The van der Waals surface area contributed by atoms with Crippen molar-refractivity contribution in [2.24, 2.45) is 0 Å². The maximum Gasteiger partial charge on any atom is 0.0484 e. The molecular formula is C32H24. The van der Waals surface area contributed by atoms with Gasteiger partial charge in [0.25, 0.3) is 0 Å². The summed E-state index contributed by atoms with van der Waals surface area (Å²) >= 11 is 0. The molecule has 0 fully saturated rings. The Morgan fingerprint density at radius 1 is 0.438 bits per heavy atom.